The first-order chi connectivity index (χ1) is 12.4. The summed E-state index contributed by atoms with van der Waals surface area (Å²) < 4.78 is 5.32. The number of hydrogen-bond donors (Lipinski definition) is 1. The van der Waals surface area contributed by atoms with Crippen LogP contribution in [0, 0.1) is 17.3 Å². The minimum atomic E-state index is -0.379. The molecule has 4 atom stereocenters. The van der Waals surface area contributed by atoms with E-state index in [-0.39, 0.29) is 18.0 Å². The number of carbonyl (C=O) groups excluding carboxylic acids is 2. The Labute approximate surface area is 153 Å². The average Bonchev–Trinajstić information content (AvgIpc) is 2.90. The van der Waals surface area contributed by atoms with Gasteiger partial charge in [0.25, 0.3) is 0 Å². The van der Waals surface area contributed by atoms with Crippen molar-refractivity contribution < 1.29 is 24.5 Å². The van der Waals surface area contributed by atoms with Gasteiger partial charge < -0.3 is 4.74 Å². The van der Waals surface area contributed by atoms with Crippen LogP contribution in [0.4, 0.5) is 0 Å². The number of ketones is 1. The zero-order valence-corrected chi connectivity index (χ0v) is 15.4. The Bertz CT molecular complexity index is 755. The number of Topliss-reactive ketones (excluding diaryl/α,β-unsaturated/α-hetero) is 1. The number of rotatable bonds is 3. The molecule has 26 heavy (non-hydrogen) atoms. The lowest BCUT2D eigenvalue weighted by atomic mass is 9.55. The van der Waals surface area contributed by atoms with Crippen LogP contribution >= 0.6 is 0 Å². The van der Waals surface area contributed by atoms with Crippen LogP contribution < -0.4 is 4.74 Å². The summed E-state index contributed by atoms with van der Waals surface area (Å²) in [5.41, 5.74) is 3.06. The summed E-state index contributed by atoms with van der Waals surface area (Å²) >= 11 is 0. The molecule has 1 aromatic carbocycles. The van der Waals surface area contributed by atoms with E-state index in [1.54, 1.807) is 0 Å². The summed E-state index contributed by atoms with van der Waals surface area (Å²) in [5.74, 6) is 2.00. The lowest BCUT2D eigenvalue weighted by Gasteiger charge is -2.48. The second-order valence-corrected chi connectivity index (χ2v) is 8.36. The van der Waals surface area contributed by atoms with Crippen molar-refractivity contribution in [1.82, 2.24) is 0 Å². The molecule has 0 amide bonds. The third kappa shape index (κ3) is 2.69. The topological polar surface area (TPSA) is 72.8 Å². The molecule has 0 heterocycles. The summed E-state index contributed by atoms with van der Waals surface area (Å²) in [5, 5.41) is 8.92. The van der Waals surface area contributed by atoms with Crippen LogP contribution in [0.2, 0.25) is 0 Å². The van der Waals surface area contributed by atoms with E-state index in [2.05, 4.69) is 11.8 Å². The van der Waals surface area contributed by atoms with Crippen LogP contribution in [0.5, 0.6) is 5.75 Å². The van der Waals surface area contributed by atoms with Crippen molar-refractivity contribution in [2.75, 3.05) is 0 Å². The second kappa shape index (κ2) is 6.46. The highest BCUT2D eigenvalue weighted by Gasteiger charge is 2.54. The Balaban J connectivity index is 1.70. The van der Waals surface area contributed by atoms with E-state index in [1.165, 1.54) is 18.1 Å². The largest absolute Gasteiger partial charge is 0.426 e. The molecule has 0 radical (unpaired) electrons. The van der Waals surface area contributed by atoms with Crippen molar-refractivity contribution >= 4 is 11.8 Å². The molecule has 0 aromatic heterocycles. The highest BCUT2D eigenvalue weighted by Crippen LogP contribution is 2.59. The van der Waals surface area contributed by atoms with Crippen molar-refractivity contribution in [3.63, 3.8) is 0 Å². The van der Waals surface area contributed by atoms with E-state index < -0.39 is 0 Å². The molecule has 2 fully saturated rings. The second-order valence-electron chi connectivity index (χ2n) is 8.36. The van der Waals surface area contributed by atoms with Gasteiger partial charge in [-0.3, -0.25) is 14.8 Å². The van der Waals surface area contributed by atoms with Gasteiger partial charge in [-0.1, -0.05) is 6.92 Å². The molecule has 4 unspecified atom stereocenters. The minimum Gasteiger partial charge on any atom is -0.426 e. The van der Waals surface area contributed by atoms with Crippen LogP contribution in [0.3, 0.4) is 0 Å². The van der Waals surface area contributed by atoms with Gasteiger partial charge in [-0.05, 0) is 73.1 Å². The average molecular weight is 358 g/mol. The van der Waals surface area contributed by atoms with Gasteiger partial charge in [-0.15, -0.1) is 0 Å². The van der Waals surface area contributed by atoms with E-state index in [0.717, 1.165) is 38.5 Å². The molecule has 1 aromatic rings. The Hall–Kier alpha value is -1.72. The quantitative estimate of drug-likeness (QED) is 0.382. The van der Waals surface area contributed by atoms with Crippen molar-refractivity contribution in [2.24, 2.45) is 17.3 Å². The smallest absolute Gasteiger partial charge is 0.308 e. The van der Waals surface area contributed by atoms with Gasteiger partial charge in [0.15, 0.2) is 0 Å². The van der Waals surface area contributed by atoms with Crippen molar-refractivity contribution in [3.05, 3.63) is 28.8 Å². The molecule has 0 bridgehead atoms. The summed E-state index contributed by atoms with van der Waals surface area (Å²) in [7, 11) is 0. The summed E-state index contributed by atoms with van der Waals surface area (Å²) in [4.78, 5) is 28.2. The Morgan fingerprint density at radius 3 is 2.81 bits per heavy atom. The van der Waals surface area contributed by atoms with Gasteiger partial charge in [0, 0.05) is 24.3 Å². The molecule has 4 rings (SSSR count). The monoisotopic (exact) mass is 358 g/mol. The molecule has 5 nitrogen and oxygen atoms in total. The molecule has 2 saturated carbocycles. The highest BCUT2D eigenvalue weighted by molar-refractivity contribution is 5.87. The van der Waals surface area contributed by atoms with Gasteiger partial charge in [0.2, 0.25) is 0 Å². The number of hydrogen-bond acceptors (Lipinski definition) is 5. The van der Waals surface area contributed by atoms with E-state index in [0.29, 0.717) is 34.8 Å². The van der Waals surface area contributed by atoms with Crippen LogP contribution in [-0.4, -0.2) is 17.0 Å². The van der Waals surface area contributed by atoms with Crippen molar-refractivity contribution in [1.29, 1.82) is 0 Å². The van der Waals surface area contributed by atoms with Crippen molar-refractivity contribution in [3.8, 4) is 5.75 Å². The van der Waals surface area contributed by atoms with Crippen LogP contribution in [-0.2, 0) is 27.5 Å². The number of ether oxygens (including phenoxy) is 1. The Kier molecular flexibility index (Phi) is 4.40. The van der Waals surface area contributed by atoms with Crippen molar-refractivity contribution in [2.45, 2.75) is 64.9 Å². The molecule has 0 saturated heterocycles. The first-order valence-electron chi connectivity index (χ1n) is 9.58. The maximum absolute atomic E-state index is 12.4. The number of benzene rings is 1. The van der Waals surface area contributed by atoms with Gasteiger partial charge >= 0.3 is 5.97 Å². The van der Waals surface area contributed by atoms with E-state index >= 15 is 0 Å². The lowest BCUT2D eigenvalue weighted by Crippen LogP contribution is -2.42. The molecule has 1 N–H and O–H groups in total. The maximum Gasteiger partial charge on any atom is 0.308 e. The molecular formula is C21H26O5. The van der Waals surface area contributed by atoms with Crippen LogP contribution in [0.15, 0.2) is 12.1 Å². The predicted molar refractivity (Wildman–Crippen MR) is 94.8 cm³/mol. The number of aryl methyl sites for hydroxylation is 1. The zero-order chi connectivity index (χ0) is 18.5. The molecule has 3 aliphatic carbocycles. The molecule has 0 spiro atoms. The van der Waals surface area contributed by atoms with Gasteiger partial charge in [0.05, 0.1) is 0 Å². The predicted octanol–water partition coefficient (Wildman–Crippen LogP) is 4.03. The van der Waals surface area contributed by atoms with Crippen LogP contribution in [0.25, 0.3) is 0 Å². The summed E-state index contributed by atoms with van der Waals surface area (Å²) in [6.45, 7) is 3.54. The highest BCUT2D eigenvalue weighted by atomic mass is 17.1. The fraction of sp³-hybridized carbons (Fsp3) is 0.619. The van der Waals surface area contributed by atoms with Gasteiger partial charge in [-0.25, -0.2) is 4.89 Å². The Morgan fingerprint density at radius 2 is 2.08 bits per heavy atom. The normalized spacial score (nSPS) is 32.6. The van der Waals surface area contributed by atoms with E-state index in [4.69, 9.17) is 9.99 Å². The first kappa shape index (κ1) is 17.7. The lowest BCUT2D eigenvalue weighted by molar-refractivity contribution is -0.253. The van der Waals surface area contributed by atoms with Gasteiger partial charge in [0.1, 0.15) is 18.1 Å². The standard InChI is InChI=1S/C21H26O5/c1-12(22)26-19-10-13-3-4-16-15(17(13)9-14(19)11-25-24)7-8-21(2)18(16)5-6-20(21)23/h9-10,15-16,18,24H,3-8,11H2,1-2H3. The zero-order valence-electron chi connectivity index (χ0n) is 15.4. The fourth-order valence-electron chi connectivity index (χ4n) is 5.85. The molecule has 0 aliphatic heterocycles. The summed E-state index contributed by atoms with van der Waals surface area (Å²) in [6.07, 6.45) is 5.74. The first-order valence-corrected chi connectivity index (χ1v) is 9.58. The van der Waals surface area contributed by atoms with E-state index in [9.17, 15) is 9.59 Å². The molecule has 5 heteroatoms. The number of esters is 1. The third-order valence-corrected chi connectivity index (χ3v) is 7.09. The number of fused-ring (bicyclic) bond motifs is 5. The molecular weight excluding hydrogens is 332 g/mol. The van der Waals surface area contributed by atoms with Crippen LogP contribution in [0.1, 0.15) is 68.6 Å². The molecule has 3 aliphatic rings. The minimum absolute atomic E-state index is 0.00703. The Morgan fingerprint density at radius 1 is 1.27 bits per heavy atom. The maximum atomic E-state index is 12.4. The third-order valence-electron chi connectivity index (χ3n) is 7.09. The SMILES string of the molecule is CC(=O)Oc1cc2c(cc1COO)C1CCC3(C)C(=O)CCC3C1CC2. The fourth-order valence-corrected chi connectivity index (χ4v) is 5.85. The summed E-state index contributed by atoms with van der Waals surface area (Å²) in [6, 6.07) is 3.98. The van der Waals surface area contributed by atoms with Gasteiger partial charge in [-0.2, -0.15) is 0 Å². The van der Waals surface area contributed by atoms with E-state index in [1.807, 2.05) is 12.1 Å². The molecule has 140 valence electrons. The number of carbonyl (C=O) groups is 2.